The Morgan fingerprint density at radius 1 is 1.19 bits per heavy atom. The number of ether oxygens (including phenoxy) is 1. The lowest BCUT2D eigenvalue weighted by molar-refractivity contribution is 0.0515. The standard InChI is InChI=1S/C19H14Br2N2O3/c1-2-25-19(24)17-16(13-6-4-3-5-7-13)18(26-23-17)22-11-12-8-14(20)10-15(21)9-12/h3-11H,2H2,1H3. The Kier molecular flexibility index (Phi) is 6.00. The lowest BCUT2D eigenvalue weighted by Gasteiger charge is -2.02. The van der Waals surface area contributed by atoms with Crippen molar-refractivity contribution >= 4 is 49.9 Å². The average Bonchev–Trinajstić information content (AvgIpc) is 3.04. The zero-order valence-electron chi connectivity index (χ0n) is 13.8. The number of hydrogen-bond acceptors (Lipinski definition) is 5. The zero-order valence-corrected chi connectivity index (χ0v) is 17.0. The second kappa shape index (κ2) is 8.42. The van der Waals surface area contributed by atoms with Crippen molar-refractivity contribution in [2.75, 3.05) is 6.61 Å². The fourth-order valence-electron chi connectivity index (χ4n) is 2.36. The summed E-state index contributed by atoms with van der Waals surface area (Å²) in [5.41, 5.74) is 2.26. The van der Waals surface area contributed by atoms with Crippen LogP contribution < -0.4 is 0 Å². The average molecular weight is 478 g/mol. The van der Waals surface area contributed by atoms with Gasteiger partial charge in [-0.15, -0.1) is 0 Å². The van der Waals surface area contributed by atoms with Crippen LogP contribution in [-0.4, -0.2) is 23.9 Å². The number of aliphatic imine (C=N–C) groups is 1. The number of halogens is 2. The maximum Gasteiger partial charge on any atom is 0.361 e. The number of nitrogens with zero attached hydrogens (tertiary/aromatic N) is 2. The number of benzene rings is 2. The molecule has 132 valence electrons. The van der Waals surface area contributed by atoms with Gasteiger partial charge in [-0.25, -0.2) is 9.79 Å². The van der Waals surface area contributed by atoms with E-state index in [1.54, 1.807) is 13.1 Å². The van der Waals surface area contributed by atoms with Crippen LogP contribution >= 0.6 is 31.9 Å². The summed E-state index contributed by atoms with van der Waals surface area (Å²) in [7, 11) is 0. The highest BCUT2D eigenvalue weighted by molar-refractivity contribution is 9.11. The van der Waals surface area contributed by atoms with E-state index in [2.05, 4.69) is 42.0 Å². The van der Waals surface area contributed by atoms with E-state index in [9.17, 15) is 4.79 Å². The van der Waals surface area contributed by atoms with E-state index in [4.69, 9.17) is 9.26 Å². The van der Waals surface area contributed by atoms with Crippen molar-refractivity contribution < 1.29 is 14.1 Å². The second-order valence-corrected chi connectivity index (χ2v) is 7.09. The first-order valence-electron chi connectivity index (χ1n) is 7.81. The summed E-state index contributed by atoms with van der Waals surface area (Å²) >= 11 is 6.88. The van der Waals surface area contributed by atoms with E-state index in [1.165, 1.54) is 0 Å². The predicted octanol–water partition coefficient (Wildman–Crippen LogP) is 5.79. The Bertz CT molecular complexity index is 932. The fraction of sp³-hybridized carbons (Fsp3) is 0.105. The highest BCUT2D eigenvalue weighted by atomic mass is 79.9. The minimum absolute atomic E-state index is 0.112. The molecular formula is C19H14Br2N2O3. The molecule has 1 aromatic heterocycles. The number of aromatic nitrogens is 1. The largest absolute Gasteiger partial charge is 0.461 e. The number of hydrogen-bond donors (Lipinski definition) is 0. The molecule has 0 aliphatic rings. The molecular weight excluding hydrogens is 464 g/mol. The van der Waals surface area contributed by atoms with Gasteiger partial charge in [0, 0.05) is 15.2 Å². The molecule has 3 rings (SSSR count). The molecule has 0 saturated carbocycles. The molecule has 0 unspecified atom stereocenters. The lowest BCUT2D eigenvalue weighted by Crippen LogP contribution is -2.06. The molecule has 0 fully saturated rings. The van der Waals surface area contributed by atoms with E-state index in [0.29, 0.717) is 5.56 Å². The smallest absolute Gasteiger partial charge is 0.361 e. The van der Waals surface area contributed by atoms with Crippen LogP contribution in [0.1, 0.15) is 23.0 Å². The molecule has 0 aliphatic heterocycles. The van der Waals surface area contributed by atoms with Crippen LogP contribution in [0.4, 0.5) is 5.88 Å². The van der Waals surface area contributed by atoms with Crippen LogP contribution in [0.5, 0.6) is 0 Å². The third kappa shape index (κ3) is 4.28. The molecule has 2 aromatic carbocycles. The quantitative estimate of drug-likeness (QED) is 0.344. The normalized spacial score (nSPS) is 11.0. The van der Waals surface area contributed by atoms with Crippen molar-refractivity contribution in [3.63, 3.8) is 0 Å². The maximum atomic E-state index is 12.2. The molecule has 0 spiro atoms. The van der Waals surface area contributed by atoms with E-state index < -0.39 is 5.97 Å². The molecule has 0 bridgehead atoms. The van der Waals surface area contributed by atoms with Gasteiger partial charge in [0.2, 0.25) is 5.69 Å². The molecule has 0 atom stereocenters. The molecule has 3 aromatic rings. The number of carbonyl (C=O) groups excluding carboxylic acids is 1. The molecule has 0 N–H and O–H groups in total. The van der Waals surface area contributed by atoms with Crippen LogP contribution in [0.15, 0.2) is 67.0 Å². The highest BCUT2D eigenvalue weighted by Crippen LogP contribution is 2.34. The molecule has 0 amide bonds. The van der Waals surface area contributed by atoms with Gasteiger partial charge in [0.1, 0.15) is 0 Å². The van der Waals surface area contributed by atoms with Gasteiger partial charge >= 0.3 is 5.97 Å². The SMILES string of the molecule is CCOC(=O)c1noc(N=Cc2cc(Br)cc(Br)c2)c1-c1ccccc1. The van der Waals surface area contributed by atoms with Crippen LogP contribution in [0.3, 0.4) is 0 Å². The van der Waals surface area contributed by atoms with Crippen molar-refractivity contribution in [1.29, 1.82) is 0 Å². The highest BCUT2D eigenvalue weighted by Gasteiger charge is 2.24. The van der Waals surface area contributed by atoms with Crippen molar-refractivity contribution in [2.45, 2.75) is 6.92 Å². The van der Waals surface area contributed by atoms with Gasteiger partial charge in [0.05, 0.1) is 12.2 Å². The third-order valence-electron chi connectivity index (χ3n) is 3.42. The predicted molar refractivity (Wildman–Crippen MR) is 107 cm³/mol. The number of carbonyl (C=O) groups is 1. The van der Waals surface area contributed by atoms with Gasteiger partial charge in [-0.05, 0) is 36.2 Å². The Labute approximate surface area is 167 Å². The number of esters is 1. The number of rotatable bonds is 5. The summed E-state index contributed by atoms with van der Waals surface area (Å²) in [5.74, 6) is -0.294. The van der Waals surface area contributed by atoms with Crippen molar-refractivity contribution in [3.05, 3.63) is 68.7 Å². The van der Waals surface area contributed by atoms with E-state index >= 15 is 0 Å². The summed E-state index contributed by atoms with van der Waals surface area (Å²) in [6.45, 7) is 1.99. The van der Waals surface area contributed by atoms with Gasteiger partial charge in [-0.2, -0.15) is 0 Å². The van der Waals surface area contributed by atoms with Crippen LogP contribution in [0.25, 0.3) is 11.1 Å². The van der Waals surface area contributed by atoms with Gasteiger partial charge < -0.3 is 9.26 Å². The molecule has 0 aliphatic carbocycles. The molecule has 26 heavy (non-hydrogen) atoms. The topological polar surface area (TPSA) is 64.7 Å². The van der Waals surface area contributed by atoms with E-state index in [1.807, 2.05) is 48.5 Å². The van der Waals surface area contributed by atoms with E-state index in [-0.39, 0.29) is 18.2 Å². The first-order valence-corrected chi connectivity index (χ1v) is 9.39. The summed E-state index contributed by atoms with van der Waals surface area (Å²) in [6, 6.07) is 15.1. The minimum Gasteiger partial charge on any atom is -0.461 e. The maximum absolute atomic E-state index is 12.2. The molecule has 1 heterocycles. The molecule has 5 nitrogen and oxygen atoms in total. The first kappa shape index (κ1) is 18.5. The Morgan fingerprint density at radius 3 is 2.54 bits per heavy atom. The fourth-order valence-corrected chi connectivity index (χ4v) is 3.69. The second-order valence-electron chi connectivity index (χ2n) is 5.26. The summed E-state index contributed by atoms with van der Waals surface area (Å²) in [6.07, 6.45) is 1.65. The van der Waals surface area contributed by atoms with Crippen molar-refractivity contribution in [1.82, 2.24) is 5.16 Å². The van der Waals surface area contributed by atoms with Crippen LogP contribution in [-0.2, 0) is 4.74 Å². The summed E-state index contributed by atoms with van der Waals surface area (Å²) < 4.78 is 12.2. The van der Waals surface area contributed by atoms with E-state index in [0.717, 1.165) is 20.1 Å². The summed E-state index contributed by atoms with van der Waals surface area (Å²) in [5, 5.41) is 3.88. The first-order chi connectivity index (χ1) is 12.6. The van der Waals surface area contributed by atoms with Crippen LogP contribution in [0, 0.1) is 0 Å². The molecule has 7 heteroatoms. The van der Waals surface area contributed by atoms with Crippen molar-refractivity contribution in [3.8, 4) is 11.1 Å². The Balaban J connectivity index is 2.04. The Morgan fingerprint density at radius 2 is 1.88 bits per heavy atom. The van der Waals surface area contributed by atoms with Gasteiger partial charge in [-0.1, -0.05) is 67.3 Å². The third-order valence-corrected chi connectivity index (χ3v) is 4.34. The van der Waals surface area contributed by atoms with Gasteiger partial charge in [0.15, 0.2) is 0 Å². The molecule has 0 saturated heterocycles. The monoisotopic (exact) mass is 476 g/mol. The van der Waals surface area contributed by atoms with Gasteiger partial charge in [0.25, 0.3) is 5.88 Å². The Hall–Kier alpha value is -2.25. The van der Waals surface area contributed by atoms with Crippen LogP contribution in [0.2, 0.25) is 0 Å². The summed E-state index contributed by atoms with van der Waals surface area (Å²) in [4.78, 5) is 16.6. The molecule has 0 radical (unpaired) electrons. The zero-order chi connectivity index (χ0) is 18.5. The van der Waals surface area contributed by atoms with Gasteiger partial charge in [-0.3, -0.25) is 0 Å². The lowest BCUT2D eigenvalue weighted by atomic mass is 10.1. The van der Waals surface area contributed by atoms with Crippen molar-refractivity contribution in [2.24, 2.45) is 4.99 Å². The minimum atomic E-state index is -0.540.